The molecular formula is C14H15BrFN3. The van der Waals surface area contributed by atoms with Gasteiger partial charge in [-0.15, -0.1) is 0 Å². The molecule has 0 aliphatic carbocycles. The summed E-state index contributed by atoms with van der Waals surface area (Å²) in [7, 11) is 0. The van der Waals surface area contributed by atoms with Gasteiger partial charge >= 0.3 is 0 Å². The third-order valence-corrected chi connectivity index (χ3v) is 4.56. The van der Waals surface area contributed by atoms with E-state index < -0.39 is 0 Å². The average Bonchev–Trinajstić information content (AvgIpc) is 2.69. The van der Waals surface area contributed by atoms with E-state index in [2.05, 4.69) is 30.8 Å². The van der Waals surface area contributed by atoms with E-state index in [1.807, 2.05) is 33.9 Å². The second-order valence-corrected chi connectivity index (χ2v) is 6.30. The molecular weight excluding hydrogens is 309 g/mol. The van der Waals surface area contributed by atoms with E-state index in [9.17, 15) is 4.39 Å². The highest BCUT2D eigenvalue weighted by atomic mass is 79.9. The van der Waals surface area contributed by atoms with E-state index >= 15 is 0 Å². The van der Waals surface area contributed by atoms with Crippen molar-refractivity contribution in [3.8, 4) is 5.69 Å². The molecule has 2 heterocycles. The number of halogens is 2. The Morgan fingerprint density at radius 3 is 2.74 bits per heavy atom. The monoisotopic (exact) mass is 323 g/mol. The van der Waals surface area contributed by atoms with E-state index in [1.54, 1.807) is 0 Å². The van der Waals surface area contributed by atoms with Crippen LogP contribution in [0.4, 0.5) is 10.1 Å². The molecule has 0 saturated heterocycles. The van der Waals surface area contributed by atoms with Crippen LogP contribution in [0.15, 0.2) is 16.7 Å². The number of anilines is 1. The lowest BCUT2D eigenvalue weighted by Crippen LogP contribution is -2.36. The Hall–Kier alpha value is -1.36. The SMILES string of the molecule is Cc1c(Br)c(F)cc2c1-n1c(C)cnc1C(C)(C)N2. The fraction of sp³-hybridized carbons (Fsp3) is 0.357. The van der Waals surface area contributed by atoms with Gasteiger partial charge in [0.2, 0.25) is 0 Å². The minimum atomic E-state index is -0.325. The minimum absolute atomic E-state index is 0.249. The van der Waals surface area contributed by atoms with Crippen molar-refractivity contribution < 1.29 is 4.39 Å². The van der Waals surface area contributed by atoms with E-state index in [0.717, 1.165) is 28.5 Å². The Bertz CT molecular complexity index is 688. The van der Waals surface area contributed by atoms with E-state index in [0.29, 0.717) is 4.47 Å². The lowest BCUT2D eigenvalue weighted by atomic mass is 9.98. The smallest absolute Gasteiger partial charge is 0.139 e. The molecule has 2 aromatic rings. The van der Waals surface area contributed by atoms with Crippen LogP contribution in [0.25, 0.3) is 5.69 Å². The Morgan fingerprint density at radius 2 is 2.05 bits per heavy atom. The normalized spacial score (nSPS) is 15.7. The van der Waals surface area contributed by atoms with Crippen LogP contribution in [-0.4, -0.2) is 9.55 Å². The van der Waals surface area contributed by atoms with Crippen LogP contribution >= 0.6 is 15.9 Å². The predicted molar refractivity (Wildman–Crippen MR) is 77.3 cm³/mol. The van der Waals surface area contributed by atoms with Gasteiger partial charge in [-0.1, -0.05) is 0 Å². The lowest BCUT2D eigenvalue weighted by molar-refractivity contribution is 0.533. The van der Waals surface area contributed by atoms with E-state index in [4.69, 9.17) is 0 Å². The van der Waals surface area contributed by atoms with Gasteiger partial charge in [-0.2, -0.15) is 0 Å². The number of nitrogens with one attached hydrogen (secondary N) is 1. The first-order valence-corrected chi connectivity index (χ1v) is 6.94. The Labute approximate surface area is 120 Å². The van der Waals surface area contributed by atoms with Crippen LogP contribution in [-0.2, 0) is 5.54 Å². The number of imidazole rings is 1. The van der Waals surface area contributed by atoms with Gasteiger partial charge < -0.3 is 5.32 Å². The van der Waals surface area contributed by atoms with Crippen LogP contribution in [0.3, 0.4) is 0 Å². The van der Waals surface area contributed by atoms with Crippen molar-refractivity contribution in [1.29, 1.82) is 0 Å². The van der Waals surface area contributed by atoms with Crippen LogP contribution in [0.1, 0.15) is 30.9 Å². The summed E-state index contributed by atoms with van der Waals surface area (Å²) in [5.74, 6) is 0.694. The molecule has 1 aromatic carbocycles. The maximum absolute atomic E-state index is 13.9. The van der Waals surface area contributed by atoms with E-state index in [-0.39, 0.29) is 11.4 Å². The van der Waals surface area contributed by atoms with Crippen LogP contribution in [0.5, 0.6) is 0 Å². The van der Waals surface area contributed by atoms with Crippen molar-refractivity contribution in [2.45, 2.75) is 33.2 Å². The molecule has 0 radical (unpaired) electrons. The highest BCUT2D eigenvalue weighted by Crippen LogP contribution is 2.41. The largest absolute Gasteiger partial charge is 0.371 e. The Kier molecular flexibility index (Phi) is 2.55. The zero-order valence-corrected chi connectivity index (χ0v) is 12.9. The maximum Gasteiger partial charge on any atom is 0.139 e. The number of aryl methyl sites for hydroxylation is 1. The fourth-order valence-electron chi connectivity index (χ4n) is 2.68. The molecule has 0 unspecified atom stereocenters. The van der Waals surface area contributed by atoms with Gasteiger partial charge in [-0.05, 0) is 49.2 Å². The molecule has 1 aromatic heterocycles. The van der Waals surface area contributed by atoms with Crippen molar-refractivity contribution in [2.75, 3.05) is 5.32 Å². The number of nitrogens with zero attached hydrogens (tertiary/aromatic N) is 2. The molecule has 19 heavy (non-hydrogen) atoms. The minimum Gasteiger partial charge on any atom is -0.371 e. The molecule has 0 atom stereocenters. The second kappa shape index (κ2) is 3.82. The fourth-order valence-corrected chi connectivity index (χ4v) is 2.98. The number of aromatic nitrogens is 2. The third-order valence-electron chi connectivity index (χ3n) is 3.59. The topological polar surface area (TPSA) is 29.9 Å². The summed E-state index contributed by atoms with van der Waals surface area (Å²) in [6.45, 7) is 8.01. The quantitative estimate of drug-likeness (QED) is 0.792. The predicted octanol–water partition coefficient (Wildman–Crippen LogP) is 4.05. The highest BCUT2D eigenvalue weighted by Gasteiger charge is 2.34. The summed E-state index contributed by atoms with van der Waals surface area (Å²) in [6.07, 6.45) is 1.85. The molecule has 3 nitrogen and oxygen atoms in total. The molecule has 1 aliphatic rings. The number of rotatable bonds is 0. The van der Waals surface area contributed by atoms with Gasteiger partial charge in [0.05, 0.1) is 21.4 Å². The van der Waals surface area contributed by atoms with Crippen molar-refractivity contribution in [3.05, 3.63) is 39.6 Å². The summed E-state index contributed by atoms with van der Waals surface area (Å²) >= 11 is 3.31. The summed E-state index contributed by atoms with van der Waals surface area (Å²) in [4.78, 5) is 4.49. The summed E-state index contributed by atoms with van der Waals surface area (Å²) in [6, 6.07) is 1.54. The van der Waals surface area contributed by atoms with Gasteiger partial charge in [0.15, 0.2) is 0 Å². The summed E-state index contributed by atoms with van der Waals surface area (Å²) in [5.41, 5.74) is 3.37. The molecule has 0 spiro atoms. The van der Waals surface area contributed by atoms with Crippen LogP contribution in [0.2, 0.25) is 0 Å². The standard InChI is InChI=1S/C14H15BrFN3/c1-7-6-17-13-14(3,4)18-10-5-9(16)11(15)8(2)12(10)19(7)13/h5-6,18H,1-4H3. The molecule has 1 N–H and O–H groups in total. The molecule has 1 aliphatic heterocycles. The molecule has 0 fully saturated rings. The van der Waals surface area contributed by atoms with Gasteiger partial charge in [0.25, 0.3) is 0 Å². The van der Waals surface area contributed by atoms with Crippen LogP contribution in [0, 0.1) is 19.7 Å². The third kappa shape index (κ3) is 1.64. The van der Waals surface area contributed by atoms with Crippen molar-refractivity contribution >= 4 is 21.6 Å². The number of hydrogen-bond acceptors (Lipinski definition) is 2. The first-order valence-electron chi connectivity index (χ1n) is 6.15. The van der Waals surface area contributed by atoms with Gasteiger partial charge in [-0.3, -0.25) is 4.57 Å². The van der Waals surface area contributed by atoms with Crippen LogP contribution < -0.4 is 5.32 Å². The van der Waals surface area contributed by atoms with Gasteiger partial charge in [-0.25, -0.2) is 9.37 Å². The first-order chi connectivity index (χ1) is 8.83. The Morgan fingerprint density at radius 1 is 1.37 bits per heavy atom. The molecule has 0 saturated carbocycles. The van der Waals surface area contributed by atoms with Crippen molar-refractivity contribution in [1.82, 2.24) is 9.55 Å². The highest BCUT2D eigenvalue weighted by molar-refractivity contribution is 9.10. The number of benzene rings is 1. The zero-order chi connectivity index (χ0) is 13.9. The molecule has 100 valence electrons. The molecule has 0 bridgehead atoms. The number of hydrogen-bond donors (Lipinski definition) is 1. The average molecular weight is 324 g/mol. The number of fused-ring (bicyclic) bond motifs is 3. The van der Waals surface area contributed by atoms with Crippen molar-refractivity contribution in [3.63, 3.8) is 0 Å². The van der Waals surface area contributed by atoms with Crippen molar-refractivity contribution in [2.24, 2.45) is 0 Å². The Balaban J connectivity index is 2.42. The van der Waals surface area contributed by atoms with Gasteiger partial charge in [0, 0.05) is 18.0 Å². The maximum atomic E-state index is 13.9. The molecule has 3 rings (SSSR count). The molecule has 5 heteroatoms. The molecule has 0 amide bonds. The second-order valence-electron chi connectivity index (χ2n) is 5.50. The summed E-state index contributed by atoms with van der Waals surface area (Å²) in [5, 5.41) is 3.37. The lowest BCUT2D eigenvalue weighted by Gasteiger charge is -2.35. The summed E-state index contributed by atoms with van der Waals surface area (Å²) < 4.78 is 16.5. The zero-order valence-electron chi connectivity index (χ0n) is 11.3. The van der Waals surface area contributed by atoms with Gasteiger partial charge in [0.1, 0.15) is 11.6 Å². The van der Waals surface area contributed by atoms with E-state index in [1.165, 1.54) is 6.07 Å². The first kappa shape index (κ1) is 12.7.